The van der Waals surface area contributed by atoms with Crippen molar-refractivity contribution in [2.24, 2.45) is 0 Å². The summed E-state index contributed by atoms with van der Waals surface area (Å²) in [5.41, 5.74) is 3.06. The van der Waals surface area contributed by atoms with Gasteiger partial charge >= 0.3 is 21.7 Å². The number of hydrogen-bond acceptors (Lipinski definition) is 0. The van der Waals surface area contributed by atoms with Crippen LogP contribution >= 0.6 is 0 Å². The van der Waals surface area contributed by atoms with Crippen LogP contribution in [-0.2, 0) is 34.6 Å². The number of benzene rings is 2. The van der Waals surface area contributed by atoms with E-state index in [2.05, 4.69) is 68.4 Å². The van der Waals surface area contributed by atoms with E-state index in [0.717, 1.165) is 22.4 Å². The van der Waals surface area contributed by atoms with Crippen LogP contribution in [0.5, 0.6) is 0 Å². The molecule has 0 atom stereocenters. The molecule has 124 valence electrons. The van der Waals surface area contributed by atoms with Gasteiger partial charge in [0, 0.05) is 0 Å². The van der Waals surface area contributed by atoms with Gasteiger partial charge < -0.3 is 37.2 Å². The van der Waals surface area contributed by atoms with Crippen molar-refractivity contribution in [3.05, 3.63) is 65.7 Å². The van der Waals surface area contributed by atoms with E-state index in [-0.39, 0.29) is 58.9 Å². The zero-order valence-corrected chi connectivity index (χ0v) is 18.6. The fourth-order valence-corrected chi connectivity index (χ4v) is 4.39. The Morgan fingerprint density at radius 2 is 1.54 bits per heavy atom. The van der Waals surface area contributed by atoms with Crippen LogP contribution in [0.25, 0.3) is 10.8 Å². The molecule has 5 heteroatoms. The molecular formula is C19H19Cl3SiTi. The van der Waals surface area contributed by atoms with Gasteiger partial charge in [-0.25, -0.2) is 0 Å². The first kappa shape index (κ1) is 26.1. The van der Waals surface area contributed by atoms with Crippen molar-refractivity contribution in [3.63, 3.8) is 0 Å². The second-order valence-corrected chi connectivity index (χ2v) is 6.44. The third-order valence-corrected chi connectivity index (χ3v) is 5.40. The maximum atomic E-state index is 2.30. The van der Waals surface area contributed by atoms with Crippen LogP contribution in [0.1, 0.15) is 25.0 Å². The summed E-state index contributed by atoms with van der Waals surface area (Å²) >= 11 is 0. The summed E-state index contributed by atoms with van der Waals surface area (Å²) in [6.45, 7) is 4.52. The molecule has 0 heterocycles. The van der Waals surface area contributed by atoms with Gasteiger partial charge in [0.05, 0.1) is 9.52 Å². The fraction of sp³-hybridized carbons (Fsp3) is 0.211. The van der Waals surface area contributed by atoms with Crippen LogP contribution in [0, 0.1) is 0 Å². The van der Waals surface area contributed by atoms with Gasteiger partial charge in [-0.05, 0) is 24.0 Å². The first-order valence-electron chi connectivity index (χ1n) is 7.35. The molecule has 0 spiro atoms. The molecule has 3 aromatic rings. The predicted octanol–water partition coefficient (Wildman–Crippen LogP) is -5.65. The van der Waals surface area contributed by atoms with Crippen molar-refractivity contribution in [3.8, 4) is 0 Å². The average molecular weight is 430 g/mol. The first-order chi connectivity index (χ1) is 9.83. The van der Waals surface area contributed by atoms with Crippen LogP contribution in [-0.4, -0.2) is 9.52 Å². The Balaban J connectivity index is 0. The molecule has 0 amide bonds. The van der Waals surface area contributed by atoms with E-state index >= 15 is 0 Å². The smallest absolute Gasteiger partial charge is 1.00 e. The van der Waals surface area contributed by atoms with E-state index in [1.807, 2.05) is 0 Å². The third kappa shape index (κ3) is 5.42. The molecule has 0 aliphatic heterocycles. The van der Waals surface area contributed by atoms with Gasteiger partial charge in [0.15, 0.2) is 0 Å². The number of halogens is 3. The molecule has 2 radical (unpaired) electrons. The summed E-state index contributed by atoms with van der Waals surface area (Å²) in [6, 6.07) is 20.0. The van der Waals surface area contributed by atoms with Gasteiger partial charge in [-0.2, -0.15) is 12.1 Å². The van der Waals surface area contributed by atoms with Gasteiger partial charge in [-0.3, -0.25) is 0 Å². The average Bonchev–Trinajstić information content (AvgIpc) is 2.90. The summed E-state index contributed by atoms with van der Waals surface area (Å²) in [6.07, 6.45) is 2.26. The summed E-state index contributed by atoms with van der Waals surface area (Å²) < 4.78 is 0. The van der Waals surface area contributed by atoms with E-state index < -0.39 is 0 Å². The van der Waals surface area contributed by atoms with Crippen molar-refractivity contribution >= 4 is 30.7 Å². The predicted molar refractivity (Wildman–Crippen MR) is 89.8 cm³/mol. The minimum Gasteiger partial charge on any atom is -1.00 e. The Morgan fingerprint density at radius 1 is 0.833 bits per heavy atom. The zero-order chi connectivity index (χ0) is 13.9. The zero-order valence-electron chi connectivity index (χ0n) is 13.7. The quantitative estimate of drug-likeness (QED) is 0.287. The summed E-state index contributed by atoms with van der Waals surface area (Å²) in [5.74, 6) is 0. The van der Waals surface area contributed by atoms with Crippen LogP contribution in [0.4, 0.5) is 0 Å². The Kier molecular flexibility index (Phi) is 13.3. The van der Waals surface area contributed by atoms with E-state index in [0.29, 0.717) is 0 Å². The monoisotopic (exact) mass is 428 g/mol. The molecular weight excluding hydrogens is 411 g/mol. The third-order valence-electron chi connectivity index (χ3n) is 3.96. The summed E-state index contributed by atoms with van der Waals surface area (Å²) in [7, 11) is 0.760. The van der Waals surface area contributed by atoms with Gasteiger partial charge in [-0.1, -0.05) is 43.3 Å². The van der Waals surface area contributed by atoms with Gasteiger partial charge in [0.1, 0.15) is 0 Å². The molecule has 0 aliphatic rings. The maximum absolute atomic E-state index is 2.30. The molecule has 0 N–H and O–H groups in total. The summed E-state index contributed by atoms with van der Waals surface area (Å²) in [4.78, 5) is 0. The van der Waals surface area contributed by atoms with Crippen molar-refractivity contribution < 1.29 is 58.9 Å². The van der Waals surface area contributed by atoms with E-state index in [1.54, 1.807) is 5.56 Å². The molecule has 0 bridgehead atoms. The van der Waals surface area contributed by atoms with Crippen LogP contribution in [0.2, 0.25) is 0 Å². The SMILES string of the molecule is CCc1cccc([Si][c-]2ccc3ccccc32)c1CC.[Cl-].[Cl-].[Cl-].[Ti+4]. The second kappa shape index (κ2) is 12.2. The molecule has 24 heavy (non-hydrogen) atoms. The molecule has 0 aromatic heterocycles. The second-order valence-electron chi connectivity index (χ2n) is 5.11. The molecule has 0 saturated heterocycles. The van der Waals surface area contributed by atoms with E-state index in [1.165, 1.54) is 26.7 Å². The number of rotatable bonds is 4. The molecule has 0 nitrogen and oxygen atoms in total. The van der Waals surface area contributed by atoms with E-state index in [4.69, 9.17) is 0 Å². The number of hydrogen-bond donors (Lipinski definition) is 0. The Hall–Kier alpha value is -0.149. The number of fused-ring (bicyclic) bond motifs is 1. The van der Waals surface area contributed by atoms with Crippen LogP contribution in [0.15, 0.2) is 54.6 Å². The fourth-order valence-electron chi connectivity index (χ4n) is 2.91. The minimum absolute atomic E-state index is 0. The first-order valence-corrected chi connectivity index (χ1v) is 8.35. The van der Waals surface area contributed by atoms with Gasteiger partial charge in [0.2, 0.25) is 0 Å². The van der Waals surface area contributed by atoms with Crippen molar-refractivity contribution in [2.45, 2.75) is 26.7 Å². The maximum Gasteiger partial charge on any atom is 4.00 e. The summed E-state index contributed by atoms with van der Waals surface area (Å²) in [5, 5.41) is 5.77. The topological polar surface area (TPSA) is 0 Å². The normalized spacial score (nSPS) is 9.25. The molecule has 3 aromatic carbocycles. The van der Waals surface area contributed by atoms with Crippen molar-refractivity contribution in [1.29, 1.82) is 0 Å². The minimum atomic E-state index is 0. The van der Waals surface area contributed by atoms with Gasteiger partial charge in [0.25, 0.3) is 0 Å². The molecule has 0 saturated carbocycles. The van der Waals surface area contributed by atoms with Crippen molar-refractivity contribution in [2.75, 3.05) is 0 Å². The van der Waals surface area contributed by atoms with Crippen LogP contribution in [0.3, 0.4) is 0 Å². The Bertz CT molecular complexity index is 740. The van der Waals surface area contributed by atoms with Gasteiger partial charge in [-0.15, -0.1) is 34.2 Å². The molecule has 0 unspecified atom stereocenters. The molecule has 0 fully saturated rings. The standard InChI is InChI=1S/C19H19Si.3ClH.Ti/c1-3-14-9-7-11-18(16(14)4-2)20-19-13-12-15-8-5-6-10-17(15)19;;;;/h5-13H,3-4H2,1-2H3;3*1H;/q-1;;;;+4/p-3. The number of aryl methyl sites for hydroxylation is 1. The van der Waals surface area contributed by atoms with Crippen LogP contribution < -0.4 is 47.6 Å². The Labute approximate surface area is 181 Å². The molecule has 3 rings (SSSR count). The largest absolute Gasteiger partial charge is 4.00 e. The molecule has 0 aliphatic carbocycles. The van der Waals surface area contributed by atoms with Crippen molar-refractivity contribution in [1.82, 2.24) is 0 Å². The van der Waals surface area contributed by atoms with E-state index in [9.17, 15) is 0 Å². The Morgan fingerprint density at radius 3 is 2.21 bits per heavy atom.